The average Bonchev–Trinajstić information content (AvgIpc) is 3.03. The number of amides is 4. The van der Waals surface area contributed by atoms with Crippen molar-refractivity contribution in [1.29, 1.82) is 0 Å². The molecule has 0 aliphatic carbocycles. The number of aliphatic hydroxyl groups excluding tert-OH is 1. The van der Waals surface area contributed by atoms with E-state index in [4.69, 9.17) is 17.0 Å². The highest BCUT2D eigenvalue weighted by Gasteiger charge is 2.30. The van der Waals surface area contributed by atoms with Crippen molar-refractivity contribution in [3.63, 3.8) is 0 Å². The number of aliphatic imine (C=N–C) groups is 1. The van der Waals surface area contributed by atoms with Crippen LogP contribution in [0.3, 0.4) is 0 Å². The Bertz CT molecular complexity index is 1300. The van der Waals surface area contributed by atoms with Crippen molar-refractivity contribution in [2.75, 3.05) is 26.5 Å². The van der Waals surface area contributed by atoms with Gasteiger partial charge < -0.3 is 36.0 Å². The maximum Gasteiger partial charge on any atom is 0.407 e. The second-order valence-corrected chi connectivity index (χ2v) is 14.2. The molecule has 49 heavy (non-hydrogen) atoms. The number of urea groups is 1. The third-order valence-corrected chi connectivity index (χ3v) is 8.85. The first-order chi connectivity index (χ1) is 23.1. The molecule has 1 aromatic carbocycles. The minimum Gasteiger partial charge on any atom is -0.444 e. The van der Waals surface area contributed by atoms with E-state index in [9.17, 15) is 19.5 Å². The van der Waals surface area contributed by atoms with Crippen molar-refractivity contribution in [3.05, 3.63) is 71.4 Å². The normalized spacial score (nSPS) is 13.8. The van der Waals surface area contributed by atoms with Gasteiger partial charge in [0, 0.05) is 35.8 Å². The number of benzene rings is 1. The lowest BCUT2D eigenvalue weighted by atomic mass is 9.93. The fourth-order valence-corrected chi connectivity index (χ4v) is 5.14. The monoisotopic (exact) mass is 716 g/mol. The van der Waals surface area contributed by atoms with Gasteiger partial charge in [-0.2, -0.15) is 0 Å². The van der Waals surface area contributed by atoms with Crippen LogP contribution in [0.1, 0.15) is 59.4 Å². The molecule has 0 spiro atoms. The van der Waals surface area contributed by atoms with Crippen molar-refractivity contribution in [3.8, 4) is 0 Å². The fraction of sp³-hybridized carbons (Fsp3) is 0.528. The molecular formula is C36H56N6O5S2. The van der Waals surface area contributed by atoms with Crippen molar-refractivity contribution >= 4 is 53.7 Å². The van der Waals surface area contributed by atoms with E-state index < -0.39 is 36.4 Å². The van der Waals surface area contributed by atoms with Crippen molar-refractivity contribution in [2.24, 2.45) is 16.8 Å². The highest BCUT2D eigenvalue weighted by molar-refractivity contribution is 8.02. The maximum absolute atomic E-state index is 13.7. The standard InChI is InChI=1S/C36H56N6O5S2/c1-23(2)16-17-28(39-33(44)32(24(3)4)41-35(45)42(9)21-26(7)38-34(48)25(5)6)19-31(43)30(18-27-14-12-11-13-15-27)40-36(46)47-22-29(49-10)20-37-8/h11-15,20,24-25,28,30-32,43H,1,7-8,16-19,21-22H2,2-6,9-10H3,(H,38,48)(H,39,44)(H,40,46)(H,41,45)/b29-20-/t28-,30-,31-,32?/m0/s1. The Kier molecular flexibility index (Phi) is 20.2. The van der Waals surface area contributed by atoms with E-state index in [0.29, 0.717) is 34.9 Å². The van der Waals surface area contributed by atoms with Crippen LogP contribution in [0.15, 0.2) is 70.9 Å². The Labute approximate surface area is 302 Å². The van der Waals surface area contributed by atoms with Gasteiger partial charge in [0.05, 0.1) is 23.7 Å². The quantitative estimate of drug-likeness (QED) is 0.0631. The van der Waals surface area contributed by atoms with Crippen LogP contribution in [-0.4, -0.2) is 90.4 Å². The van der Waals surface area contributed by atoms with Crippen LogP contribution in [0.4, 0.5) is 9.59 Å². The number of allylic oxidation sites excluding steroid dienone is 1. The number of hydrogen-bond donors (Lipinski definition) is 5. The number of aliphatic hydroxyl groups is 1. The lowest BCUT2D eigenvalue weighted by Crippen LogP contribution is -2.55. The molecule has 0 heterocycles. The van der Waals surface area contributed by atoms with E-state index in [1.165, 1.54) is 22.9 Å². The van der Waals surface area contributed by atoms with Gasteiger partial charge >= 0.3 is 12.1 Å². The molecule has 0 saturated heterocycles. The molecular weight excluding hydrogens is 661 g/mol. The number of ether oxygens (including phenoxy) is 1. The van der Waals surface area contributed by atoms with Crippen LogP contribution < -0.4 is 21.3 Å². The number of carbonyl (C=O) groups excluding carboxylic acids is 3. The Morgan fingerprint density at radius 3 is 2.31 bits per heavy atom. The molecule has 1 aromatic rings. The summed E-state index contributed by atoms with van der Waals surface area (Å²) < 4.78 is 5.40. The predicted octanol–water partition coefficient (Wildman–Crippen LogP) is 5.57. The highest BCUT2D eigenvalue weighted by Crippen LogP contribution is 2.17. The largest absolute Gasteiger partial charge is 0.444 e. The zero-order valence-electron chi connectivity index (χ0n) is 30.1. The van der Waals surface area contributed by atoms with E-state index in [-0.39, 0.29) is 37.3 Å². The minimum absolute atomic E-state index is 0.00493. The summed E-state index contributed by atoms with van der Waals surface area (Å²) in [6.45, 7) is 21.1. The number of alkyl carbamates (subject to hydrolysis) is 1. The van der Waals surface area contributed by atoms with Gasteiger partial charge in [0.25, 0.3) is 0 Å². The SMILES string of the molecule is C=N/C=C(/COC(=O)N[C@@H](Cc1ccccc1)[C@@H](O)C[C@H](CCC(=C)C)NC(=O)C(NC(=O)N(C)CC(=C)NC(=S)C(C)C)C(C)C)SC. The summed E-state index contributed by atoms with van der Waals surface area (Å²) in [6.07, 6.45) is 3.18. The zero-order valence-corrected chi connectivity index (χ0v) is 31.7. The number of thiocarbonyl (C=S) groups is 1. The third kappa shape index (κ3) is 17.5. The maximum atomic E-state index is 13.7. The van der Waals surface area contributed by atoms with Gasteiger partial charge in [-0.25, -0.2) is 9.59 Å². The van der Waals surface area contributed by atoms with Crippen molar-refractivity contribution in [2.45, 2.75) is 84.5 Å². The van der Waals surface area contributed by atoms with E-state index >= 15 is 0 Å². The molecule has 0 saturated carbocycles. The fourth-order valence-electron chi connectivity index (χ4n) is 4.64. The van der Waals surface area contributed by atoms with Gasteiger partial charge in [-0.05, 0) is 57.1 Å². The number of nitrogens with one attached hydrogen (secondary N) is 4. The van der Waals surface area contributed by atoms with E-state index in [0.717, 1.165) is 11.1 Å². The minimum atomic E-state index is -1.05. The van der Waals surface area contributed by atoms with Crippen LogP contribution in [0.5, 0.6) is 0 Å². The topological polar surface area (TPSA) is 144 Å². The predicted molar refractivity (Wildman–Crippen MR) is 206 cm³/mol. The van der Waals surface area contributed by atoms with Crippen molar-refractivity contribution < 1.29 is 24.2 Å². The molecule has 5 N–H and O–H groups in total. The second kappa shape index (κ2) is 22.9. The molecule has 1 rings (SSSR count). The van der Waals surface area contributed by atoms with Gasteiger partial charge in [-0.1, -0.05) is 82.4 Å². The third-order valence-electron chi connectivity index (χ3n) is 7.53. The first-order valence-corrected chi connectivity index (χ1v) is 18.0. The van der Waals surface area contributed by atoms with E-state index in [2.05, 4.69) is 46.1 Å². The molecule has 1 unspecified atom stereocenters. The number of carbonyl (C=O) groups is 3. The number of hydrogen-bond acceptors (Lipinski definition) is 8. The molecule has 13 heteroatoms. The van der Waals surface area contributed by atoms with Crippen LogP contribution in [0.25, 0.3) is 0 Å². The smallest absolute Gasteiger partial charge is 0.407 e. The number of nitrogens with zero attached hydrogens (tertiary/aromatic N) is 2. The van der Waals surface area contributed by atoms with Crippen LogP contribution in [0, 0.1) is 11.8 Å². The van der Waals surface area contributed by atoms with Gasteiger partial charge in [0.2, 0.25) is 5.91 Å². The average molecular weight is 717 g/mol. The molecule has 11 nitrogen and oxygen atoms in total. The van der Waals surface area contributed by atoms with Crippen molar-refractivity contribution in [1.82, 2.24) is 26.2 Å². The molecule has 4 atom stereocenters. The molecule has 0 aromatic heterocycles. The Hall–Kier alpha value is -3.68. The summed E-state index contributed by atoms with van der Waals surface area (Å²) in [5.41, 5.74) is 2.39. The zero-order chi connectivity index (χ0) is 37.1. The number of likely N-dealkylation sites (N-methyl/N-ethyl adjacent to an activating group) is 1. The van der Waals surface area contributed by atoms with Crippen LogP contribution in [-0.2, 0) is 16.0 Å². The summed E-state index contributed by atoms with van der Waals surface area (Å²) in [5.74, 6) is -0.490. The second-order valence-electron chi connectivity index (χ2n) is 12.8. The number of rotatable bonds is 21. The van der Waals surface area contributed by atoms with E-state index in [1.807, 2.05) is 71.2 Å². The molecule has 0 aliphatic rings. The lowest BCUT2D eigenvalue weighted by Gasteiger charge is -2.31. The summed E-state index contributed by atoms with van der Waals surface area (Å²) in [6, 6.07) is 6.97. The summed E-state index contributed by atoms with van der Waals surface area (Å²) in [5, 5.41) is 23.3. The molecule has 0 radical (unpaired) electrons. The van der Waals surface area contributed by atoms with Gasteiger partial charge in [0.1, 0.15) is 12.6 Å². The first kappa shape index (κ1) is 43.3. The van der Waals surface area contributed by atoms with Gasteiger partial charge in [-0.15, -0.1) is 18.3 Å². The Balaban J connectivity index is 3.11. The first-order valence-electron chi connectivity index (χ1n) is 16.4. The number of thioether (sulfide) groups is 1. The molecule has 0 aliphatic heterocycles. The van der Waals surface area contributed by atoms with Crippen LogP contribution >= 0.6 is 24.0 Å². The lowest BCUT2D eigenvalue weighted by molar-refractivity contribution is -0.125. The highest BCUT2D eigenvalue weighted by atomic mass is 32.2. The summed E-state index contributed by atoms with van der Waals surface area (Å²) in [7, 11) is 1.61. The Morgan fingerprint density at radius 2 is 1.76 bits per heavy atom. The van der Waals surface area contributed by atoms with Gasteiger partial charge in [-0.3, -0.25) is 9.79 Å². The van der Waals surface area contributed by atoms with Crippen LogP contribution in [0.2, 0.25) is 0 Å². The molecule has 272 valence electrons. The molecule has 4 amide bonds. The molecule has 0 bridgehead atoms. The van der Waals surface area contributed by atoms with E-state index in [1.54, 1.807) is 7.05 Å². The molecule has 0 fully saturated rings. The summed E-state index contributed by atoms with van der Waals surface area (Å²) >= 11 is 6.71. The Morgan fingerprint density at radius 1 is 1.10 bits per heavy atom. The van der Waals surface area contributed by atoms with Gasteiger partial charge in [0.15, 0.2) is 0 Å². The summed E-state index contributed by atoms with van der Waals surface area (Å²) in [4.78, 5) is 46.2.